The summed E-state index contributed by atoms with van der Waals surface area (Å²) in [5.74, 6) is -0.146. The van der Waals surface area contributed by atoms with E-state index in [1.165, 1.54) is 0 Å². The molecular formula is C21H27N3O3S. The van der Waals surface area contributed by atoms with E-state index in [1.807, 2.05) is 52.1 Å². The number of nitrogens with one attached hydrogen (secondary N) is 2. The molecule has 0 radical (unpaired) electrons. The number of hydrogen-bond donors (Lipinski definition) is 2. The van der Waals surface area contributed by atoms with Gasteiger partial charge in [0, 0.05) is 24.4 Å². The number of esters is 1. The Morgan fingerprint density at radius 2 is 1.89 bits per heavy atom. The van der Waals surface area contributed by atoms with E-state index in [-0.39, 0.29) is 23.9 Å². The zero-order valence-electron chi connectivity index (χ0n) is 16.7. The maximum Gasteiger partial charge on any atom is 0.338 e. The fourth-order valence-electron chi connectivity index (χ4n) is 3.30. The van der Waals surface area contributed by atoms with Crippen molar-refractivity contribution in [1.29, 1.82) is 0 Å². The highest BCUT2D eigenvalue weighted by Gasteiger charge is 2.34. The highest BCUT2D eigenvalue weighted by Crippen LogP contribution is 2.32. The lowest BCUT2D eigenvalue weighted by Crippen LogP contribution is -2.46. The number of ether oxygens (including phenoxy) is 1. The summed E-state index contributed by atoms with van der Waals surface area (Å²) in [6.45, 7) is 5.52. The fourth-order valence-corrected chi connectivity index (χ4v) is 3.56. The van der Waals surface area contributed by atoms with Gasteiger partial charge in [-0.05, 0) is 63.5 Å². The second kappa shape index (κ2) is 8.31. The molecule has 6 nitrogen and oxygen atoms in total. The highest BCUT2D eigenvalue weighted by atomic mass is 32.1. The van der Waals surface area contributed by atoms with Crippen molar-refractivity contribution in [2.75, 3.05) is 12.4 Å². The molecule has 3 rings (SSSR count). The van der Waals surface area contributed by atoms with Gasteiger partial charge in [0.25, 0.3) is 0 Å². The minimum atomic E-state index is -0.397. The van der Waals surface area contributed by atoms with Crippen LogP contribution in [-0.2, 0) is 14.3 Å². The number of thiocarbonyl (C=S) groups is 1. The van der Waals surface area contributed by atoms with Crippen molar-refractivity contribution >= 4 is 34.9 Å². The van der Waals surface area contributed by atoms with Crippen LogP contribution in [0.1, 0.15) is 51.6 Å². The Morgan fingerprint density at radius 1 is 1.25 bits per heavy atom. The maximum absolute atomic E-state index is 12.7. The van der Waals surface area contributed by atoms with Gasteiger partial charge in [-0.3, -0.25) is 4.79 Å². The first-order valence-electron chi connectivity index (χ1n) is 9.64. The molecule has 0 spiro atoms. The quantitative estimate of drug-likeness (QED) is 0.581. The zero-order valence-corrected chi connectivity index (χ0v) is 17.6. The van der Waals surface area contributed by atoms with Crippen LogP contribution in [0, 0.1) is 5.92 Å². The summed E-state index contributed by atoms with van der Waals surface area (Å²) in [7, 11) is 1.82. The van der Waals surface area contributed by atoms with Gasteiger partial charge in [-0.15, -0.1) is 0 Å². The van der Waals surface area contributed by atoms with Crippen LogP contribution in [0.3, 0.4) is 0 Å². The van der Waals surface area contributed by atoms with Crippen LogP contribution in [0.5, 0.6) is 0 Å². The first-order chi connectivity index (χ1) is 13.3. The predicted octanol–water partition coefficient (Wildman–Crippen LogP) is 3.51. The Hall–Kier alpha value is -2.41. The minimum Gasteiger partial charge on any atom is -0.459 e. The lowest BCUT2D eigenvalue weighted by atomic mass is 9.85. The van der Waals surface area contributed by atoms with E-state index in [1.54, 1.807) is 4.90 Å². The van der Waals surface area contributed by atoms with Crippen LogP contribution < -0.4 is 10.6 Å². The monoisotopic (exact) mass is 401 g/mol. The Bertz CT molecular complexity index is 813. The number of carbonyl (C=O) groups is 2. The van der Waals surface area contributed by atoms with E-state index in [0.717, 1.165) is 36.2 Å². The van der Waals surface area contributed by atoms with E-state index in [0.29, 0.717) is 10.7 Å². The Labute approximate surface area is 171 Å². The third kappa shape index (κ3) is 4.19. The second-order valence-corrected chi connectivity index (χ2v) is 8.02. The van der Waals surface area contributed by atoms with Gasteiger partial charge in [0.15, 0.2) is 5.11 Å². The molecule has 0 saturated heterocycles. The van der Waals surface area contributed by atoms with Gasteiger partial charge < -0.3 is 20.3 Å². The molecular weight excluding hydrogens is 374 g/mol. The lowest BCUT2D eigenvalue weighted by Gasteiger charge is -2.35. The number of anilines is 1. The third-order valence-electron chi connectivity index (χ3n) is 5.30. The second-order valence-electron chi connectivity index (χ2n) is 7.63. The zero-order chi connectivity index (χ0) is 20.4. The van der Waals surface area contributed by atoms with Gasteiger partial charge in [-0.2, -0.15) is 0 Å². The van der Waals surface area contributed by atoms with Crippen molar-refractivity contribution < 1.29 is 14.3 Å². The molecule has 0 aromatic heterocycles. The average molecular weight is 402 g/mol. The van der Waals surface area contributed by atoms with Crippen molar-refractivity contribution in [1.82, 2.24) is 10.2 Å². The van der Waals surface area contributed by atoms with Crippen LogP contribution in [0.15, 0.2) is 35.5 Å². The summed E-state index contributed by atoms with van der Waals surface area (Å²) in [4.78, 5) is 26.6. The molecule has 1 aromatic rings. The molecule has 1 heterocycles. The van der Waals surface area contributed by atoms with Crippen LogP contribution in [0.25, 0.3) is 0 Å². The molecule has 1 fully saturated rings. The summed E-state index contributed by atoms with van der Waals surface area (Å²) in [6, 6.07) is 7.12. The van der Waals surface area contributed by atoms with Gasteiger partial charge in [0.05, 0.1) is 17.7 Å². The molecule has 7 heteroatoms. The van der Waals surface area contributed by atoms with Gasteiger partial charge in [-0.1, -0.05) is 18.6 Å². The molecule has 1 aliphatic heterocycles. The molecule has 28 heavy (non-hydrogen) atoms. The summed E-state index contributed by atoms with van der Waals surface area (Å²) in [5, 5.41) is 6.73. The Kier molecular flexibility index (Phi) is 6.03. The number of amides is 1. The molecule has 0 bridgehead atoms. The average Bonchev–Trinajstić information content (AvgIpc) is 2.57. The van der Waals surface area contributed by atoms with Crippen molar-refractivity contribution in [3.05, 3.63) is 41.1 Å². The van der Waals surface area contributed by atoms with Crippen molar-refractivity contribution in [3.8, 4) is 0 Å². The number of allylic oxidation sites excluding steroid dienone is 1. The van der Waals surface area contributed by atoms with E-state index in [2.05, 4.69) is 10.6 Å². The van der Waals surface area contributed by atoms with Crippen molar-refractivity contribution in [3.63, 3.8) is 0 Å². The molecule has 1 atom stereocenters. The van der Waals surface area contributed by atoms with E-state index in [4.69, 9.17) is 17.0 Å². The molecule has 150 valence electrons. The summed E-state index contributed by atoms with van der Waals surface area (Å²) in [5.41, 5.74) is 2.94. The maximum atomic E-state index is 12.7. The smallest absolute Gasteiger partial charge is 0.338 e. The Balaban J connectivity index is 1.83. The summed E-state index contributed by atoms with van der Waals surface area (Å²) in [6.07, 6.45) is 2.84. The first-order valence-corrected chi connectivity index (χ1v) is 10.1. The topological polar surface area (TPSA) is 70.7 Å². The number of rotatable bonds is 5. The first kappa shape index (κ1) is 20.3. The normalized spacial score (nSPS) is 20.0. The third-order valence-corrected chi connectivity index (χ3v) is 5.70. The van der Waals surface area contributed by atoms with Gasteiger partial charge in [0.2, 0.25) is 5.91 Å². The van der Waals surface area contributed by atoms with E-state index < -0.39 is 6.04 Å². The van der Waals surface area contributed by atoms with Crippen LogP contribution >= 0.6 is 12.2 Å². The van der Waals surface area contributed by atoms with Crippen LogP contribution in [0.4, 0.5) is 5.69 Å². The highest BCUT2D eigenvalue weighted by molar-refractivity contribution is 7.80. The van der Waals surface area contributed by atoms with Gasteiger partial charge in [-0.25, -0.2) is 4.79 Å². The van der Waals surface area contributed by atoms with Crippen LogP contribution in [-0.4, -0.2) is 35.0 Å². The summed E-state index contributed by atoms with van der Waals surface area (Å²) >= 11 is 5.41. The van der Waals surface area contributed by atoms with Crippen molar-refractivity contribution in [2.45, 2.75) is 52.2 Å². The molecule has 1 unspecified atom stereocenters. The number of hydrogen-bond acceptors (Lipinski definition) is 4. The minimum absolute atomic E-state index is 0.0783. The van der Waals surface area contributed by atoms with E-state index in [9.17, 15) is 9.59 Å². The standard InChI is InChI=1S/C21H27N3O3S/c1-12(2)27-20(26)17-13(3)24(4)21(28)23-18(17)14-8-10-16(11-9-14)22-19(25)15-6-5-7-15/h8-12,15,18H,5-7H2,1-4H3,(H,22,25)(H,23,28). The lowest BCUT2D eigenvalue weighted by molar-refractivity contribution is -0.143. The number of benzene rings is 1. The molecule has 1 aliphatic carbocycles. The number of nitrogens with zero attached hydrogens (tertiary/aromatic N) is 1. The molecule has 2 N–H and O–H groups in total. The largest absolute Gasteiger partial charge is 0.459 e. The van der Waals surface area contributed by atoms with Crippen LogP contribution in [0.2, 0.25) is 0 Å². The van der Waals surface area contributed by atoms with Crippen molar-refractivity contribution in [2.24, 2.45) is 5.92 Å². The SMILES string of the molecule is CC1=C(C(=O)OC(C)C)C(c2ccc(NC(=O)C3CCC3)cc2)NC(=S)N1C. The molecule has 1 aromatic carbocycles. The van der Waals surface area contributed by atoms with Gasteiger partial charge in [0.1, 0.15) is 0 Å². The Morgan fingerprint density at radius 3 is 2.43 bits per heavy atom. The molecule has 1 amide bonds. The molecule has 1 saturated carbocycles. The summed E-state index contributed by atoms with van der Waals surface area (Å²) < 4.78 is 5.45. The molecule has 2 aliphatic rings. The number of carbonyl (C=O) groups excluding carboxylic acids is 2. The predicted molar refractivity (Wildman–Crippen MR) is 113 cm³/mol. The van der Waals surface area contributed by atoms with E-state index >= 15 is 0 Å². The fraction of sp³-hybridized carbons (Fsp3) is 0.476. The van der Waals surface area contributed by atoms with Gasteiger partial charge >= 0.3 is 5.97 Å².